The van der Waals surface area contributed by atoms with E-state index < -0.39 is 17.4 Å². The van der Waals surface area contributed by atoms with Crippen LogP contribution in [0, 0.1) is 0 Å². The maximum absolute atomic E-state index is 13.2. The van der Waals surface area contributed by atoms with E-state index in [0.717, 1.165) is 4.88 Å². The van der Waals surface area contributed by atoms with Crippen LogP contribution in [0.25, 0.3) is 10.9 Å². The van der Waals surface area contributed by atoms with E-state index in [9.17, 15) is 19.8 Å². The number of ketones is 1. The average molecular weight is 455 g/mol. The van der Waals surface area contributed by atoms with E-state index in [-0.39, 0.29) is 23.5 Å². The lowest BCUT2D eigenvalue weighted by Gasteiger charge is -2.20. The smallest absolute Gasteiger partial charge is 0.265 e. The fourth-order valence-corrected chi connectivity index (χ4v) is 4.49. The van der Waals surface area contributed by atoms with E-state index in [2.05, 4.69) is 5.32 Å². The van der Waals surface area contributed by atoms with Gasteiger partial charge in [0.15, 0.2) is 5.78 Å². The Bertz CT molecular complexity index is 1330. The van der Waals surface area contributed by atoms with Crippen LogP contribution in [0.4, 0.5) is 5.69 Å². The Labute approximate surface area is 187 Å². The number of aromatic hydroxyl groups is 2. The summed E-state index contributed by atoms with van der Waals surface area (Å²) in [5.41, 5.74) is 0.101. The lowest BCUT2D eigenvalue weighted by molar-refractivity contribution is 0.0972. The molecular weight excluding hydrogens is 436 g/mol. The minimum Gasteiger partial charge on any atom is -0.506 e. The third kappa shape index (κ3) is 4.02. The molecule has 2 aromatic carbocycles. The number of fused-ring (bicyclic) bond motifs is 1. The number of benzene rings is 2. The topological polar surface area (TPSA) is 91.6 Å². The molecule has 31 heavy (non-hydrogen) atoms. The molecule has 0 fully saturated rings. The van der Waals surface area contributed by atoms with E-state index in [4.69, 9.17) is 11.6 Å². The second kappa shape index (κ2) is 8.45. The molecule has 4 aromatic rings. The number of rotatable bonds is 6. The van der Waals surface area contributed by atoms with Crippen LogP contribution in [-0.2, 0) is 7.05 Å². The number of nitrogens with zero attached hydrogens (tertiary/aromatic N) is 1. The summed E-state index contributed by atoms with van der Waals surface area (Å²) in [6.07, 6.45) is -0.104. The summed E-state index contributed by atoms with van der Waals surface area (Å²) in [4.78, 5) is 26.9. The number of aryl methyl sites for hydroxylation is 1. The Morgan fingerprint density at radius 1 is 1.16 bits per heavy atom. The minimum absolute atomic E-state index is 0.0112. The zero-order valence-corrected chi connectivity index (χ0v) is 18.1. The largest absolute Gasteiger partial charge is 0.506 e. The minimum atomic E-state index is -0.559. The lowest BCUT2D eigenvalue weighted by atomic mass is 10.0. The number of pyridine rings is 1. The van der Waals surface area contributed by atoms with Crippen LogP contribution in [0.3, 0.4) is 0 Å². The molecule has 4 rings (SSSR count). The molecule has 2 heterocycles. The highest BCUT2D eigenvalue weighted by Crippen LogP contribution is 2.34. The van der Waals surface area contributed by atoms with Gasteiger partial charge in [-0.2, -0.15) is 0 Å². The highest BCUT2D eigenvalue weighted by molar-refractivity contribution is 7.10. The second-order valence-electron chi connectivity index (χ2n) is 7.11. The molecule has 3 N–H and O–H groups in total. The van der Waals surface area contributed by atoms with Crippen molar-refractivity contribution in [2.24, 2.45) is 7.05 Å². The first-order valence-corrected chi connectivity index (χ1v) is 10.7. The number of Topliss-reactive ketones (excluding diaryl/α,β-unsaturated/α-hetero) is 1. The number of aromatic nitrogens is 1. The summed E-state index contributed by atoms with van der Waals surface area (Å²) < 4.78 is 1.36. The molecule has 0 spiro atoms. The molecule has 158 valence electrons. The van der Waals surface area contributed by atoms with Gasteiger partial charge in [-0.1, -0.05) is 29.8 Å². The summed E-state index contributed by atoms with van der Waals surface area (Å²) in [6, 6.07) is 14.6. The van der Waals surface area contributed by atoms with Crippen LogP contribution >= 0.6 is 22.9 Å². The van der Waals surface area contributed by atoms with Crippen LogP contribution in [0.1, 0.15) is 27.7 Å². The van der Waals surface area contributed by atoms with Crippen molar-refractivity contribution in [1.82, 2.24) is 4.57 Å². The Morgan fingerprint density at radius 2 is 1.94 bits per heavy atom. The predicted octanol–water partition coefficient (Wildman–Crippen LogP) is 5.09. The first kappa shape index (κ1) is 21.0. The van der Waals surface area contributed by atoms with E-state index in [1.54, 1.807) is 43.4 Å². The summed E-state index contributed by atoms with van der Waals surface area (Å²) in [6.45, 7) is 0. The number of para-hydroxylation sites is 1. The fraction of sp³-hybridized carbons (Fsp3) is 0.130. The van der Waals surface area contributed by atoms with Crippen LogP contribution in [0.2, 0.25) is 5.02 Å². The van der Waals surface area contributed by atoms with Crippen LogP contribution in [0.5, 0.6) is 11.5 Å². The number of carbonyl (C=O) groups excluding carboxylic acids is 1. The maximum Gasteiger partial charge on any atom is 0.265 e. The highest BCUT2D eigenvalue weighted by atomic mass is 35.5. The third-order valence-electron chi connectivity index (χ3n) is 5.12. The molecule has 0 bridgehead atoms. The van der Waals surface area contributed by atoms with Gasteiger partial charge in [0, 0.05) is 28.8 Å². The maximum atomic E-state index is 13.2. The average Bonchev–Trinajstić information content (AvgIpc) is 3.29. The Kier molecular flexibility index (Phi) is 5.71. The lowest BCUT2D eigenvalue weighted by Crippen LogP contribution is -2.26. The van der Waals surface area contributed by atoms with E-state index >= 15 is 0 Å². The van der Waals surface area contributed by atoms with Gasteiger partial charge in [0.2, 0.25) is 0 Å². The van der Waals surface area contributed by atoms with E-state index in [1.165, 1.54) is 22.0 Å². The highest BCUT2D eigenvalue weighted by Gasteiger charge is 2.25. The van der Waals surface area contributed by atoms with E-state index in [1.807, 2.05) is 17.5 Å². The van der Waals surface area contributed by atoms with Gasteiger partial charge in [-0.15, -0.1) is 11.3 Å². The van der Waals surface area contributed by atoms with Gasteiger partial charge in [0.1, 0.15) is 17.1 Å². The van der Waals surface area contributed by atoms with Crippen molar-refractivity contribution in [2.45, 2.75) is 12.5 Å². The number of hydrogen-bond donors (Lipinski definition) is 3. The number of halogens is 1. The number of phenols is 1. The molecule has 1 unspecified atom stereocenters. The normalized spacial score (nSPS) is 12.1. The molecule has 0 amide bonds. The van der Waals surface area contributed by atoms with Gasteiger partial charge < -0.3 is 20.1 Å². The van der Waals surface area contributed by atoms with Crippen molar-refractivity contribution in [3.63, 3.8) is 0 Å². The van der Waals surface area contributed by atoms with Crippen LogP contribution < -0.4 is 10.9 Å². The summed E-state index contributed by atoms with van der Waals surface area (Å²) in [5, 5.41) is 26.8. The molecule has 8 heteroatoms. The van der Waals surface area contributed by atoms with Gasteiger partial charge in [0.05, 0.1) is 17.2 Å². The van der Waals surface area contributed by atoms with Crippen molar-refractivity contribution in [1.29, 1.82) is 0 Å². The predicted molar refractivity (Wildman–Crippen MR) is 124 cm³/mol. The molecule has 0 saturated heterocycles. The molecule has 0 aliphatic rings. The number of thiophene rings is 1. The third-order valence-corrected chi connectivity index (χ3v) is 6.34. The molecular formula is C23H19ClN2O4S. The van der Waals surface area contributed by atoms with Gasteiger partial charge in [-0.3, -0.25) is 9.59 Å². The van der Waals surface area contributed by atoms with Crippen molar-refractivity contribution >= 4 is 45.3 Å². The summed E-state index contributed by atoms with van der Waals surface area (Å²) in [5.74, 6) is -0.835. The Hall–Kier alpha value is -3.29. The first-order valence-electron chi connectivity index (χ1n) is 9.49. The first-order chi connectivity index (χ1) is 14.9. The molecule has 2 aromatic heterocycles. The summed E-state index contributed by atoms with van der Waals surface area (Å²) in [7, 11) is 1.57. The van der Waals surface area contributed by atoms with E-state index in [0.29, 0.717) is 21.6 Å². The zero-order chi connectivity index (χ0) is 22.1. The Balaban J connectivity index is 1.74. The Morgan fingerprint density at radius 3 is 2.68 bits per heavy atom. The van der Waals surface area contributed by atoms with Gasteiger partial charge in [0.25, 0.3) is 5.56 Å². The van der Waals surface area contributed by atoms with Crippen molar-refractivity contribution in [3.8, 4) is 11.5 Å². The molecule has 0 radical (unpaired) electrons. The monoisotopic (exact) mass is 454 g/mol. The standard InChI is InChI=1S/C23H19ClN2O4S/c1-26-17-6-3-2-5-14(17)22(29)21(23(26)30)19(28)12-16(20-7-4-10-31-20)25-15-11-13(24)8-9-18(15)27/h2-11,16,25,27,29H,12H2,1H3. The molecule has 0 aliphatic heterocycles. The number of phenolic OH excluding ortho intramolecular Hbond substituents is 1. The SMILES string of the molecule is Cn1c(=O)c(C(=O)CC(Nc2cc(Cl)ccc2O)c2cccs2)c(O)c2ccccc21. The number of anilines is 1. The quantitative estimate of drug-likeness (QED) is 0.279. The van der Waals surface area contributed by atoms with Gasteiger partial charge >= 0.3 is 0 Å². The zero-order valence-electron chi connectivity index (χ0n) is 16.5. The molecule has 0 saturated carbocycles. The molecule has 0 aliphatic carbocycles. The van der Waals surface area contributed by atoms with Crippen molar-refractivity contribution in [2.75, 3.05) is 5.32 Å². The van der Waals surface area contributed by atoms with Gasteiger partial charge in [-0.05, 0) is 41.8 Å². The molecule has 6 nitrogen and oxygen atoms in total. The second-order valence-corrected chi connectivity index (χ2v) is 8.52. The van der Waals surface area contributed by atoms with Crippen LogP contribution in [0.15, 0.2) is 64.8 Å². The number of hydrogen-bond acceptors (Lipinski definition) is 6. The van der Waals surface area contributed by atoms with Crippen LogP contribution in [-0.4, -0.2) is 20.6 Å². The number of nitrogens with one attached hydrogen (secondary N) is 1. The molecule has 1 atom stereocenters. The fourth-order valence-electron chi connectivity index (χ4n) is 3.54. The van der Waals surface area contributed by atoms with Gasteiger partial charge in [-0.25, -0.2) is 0 Å². The number of carbonyl (C=O) groups is 1. The van der Waals surface area contributed by atoms with Crippen molar-refractivity contribution < 1.29 is 15.0 Å². The summed E-state index contributed by atoms with van der Waals surface area (Å²) >= 11 is 7.49. The van der Waals surface area contributed by atoms with Crippen molar-refractivity contribution in [3.05, 3.63) is 85.8 Å².